The molecule has 5 heteroatoms. The molecule has 0 saturated heterocycles. The van der Waals surface area contributed by atoms with Gasteiger partial charge in [-0.3, -0.25) is 4.79 Å². The smallest absolute Gasteiger partial charge is 0.224 e. The SMILES string of the molecule is CCC(=O)Nc1ccc2c(-c3ccc(CO)cc3)nc(N)cc2c1. The zero-order chi connectivity index (χ0) is 17.1. The van der Waals surface area contributed by atoms with Crippen molar-refractivity contribution in [1.82, 2.24) is 4.98 Å². The number of nitrogens with zero attached hydrogens (tertiary/aromatic N) is 1. The van der Waals surface area contributed by atoms with Gasteiger partial charge < -0.3 is 16.2 Å². The van der Waals surface area contributed by atoms with Gasteiger partial charge in [0, 0.05) is 23.1 Å². The average molecular weight is 321 g/mol. The summed E-state index contributed by atoms with van der Waals surface area (Å²) < 4.78 is 0. The Hall–Kier alpha value is -2.92. The third-order valence-corrected chi connectivity index (χ3v) is 3.87. The molecule has 122 valence electrons. The van der Waals surface area contributed by atoms with Crippen LogP contribution in [0, 0.1) is 0 Å². The van der Waals surface area contributed by atoms with Crippen LogP contribution in [0.1, 0.15) is 18.9 Å². The maximum Gasteiger partial charge on any atom is 0.224 e. The minimum absolute atomic E-state index is 0.00582. The van der Waals surface area contributed by atoms with E-state index in [0.29, 0.717) is 12.2 Å². The normalized spacial score (nSPS) is 10.8. The molecule has 0 aliphatic rings. The van der Waals surface area contributed by atoms with Crippen LogP contribution in [0.2, 0.25) is 0 Å². The van der Waals surface area contributed by atoms with Gasteiger partial charge in [-0.05, 0) is 29.1 Å². The standard InChI is InChI=1S/C19H19N3O2/c1-2-18(24)21-15-7-8-16-14(9-15)10-17(20)22-19(16)13-5-3-12(11-23)4-6-13/h3-10,23H,2,11H2,1H3,(H2,20,22)(H,21,24). The van der Waals surface area contributed by atoms with Crippen molar-refractivity contribution in [2.45, 2.75) is 20.0 Å². The first-order valence-electron chi connectivity index (χ1n) is 7.81. The largest absolute Gasteiger partial charge is 0.392 e. The van der Waals surface area contributed by atoms with Gasteiger partial charge in [0.25, 0.3) is 0 Å². The van der Waals surface area contributed by atoms with Crippen LogP contribution < -0.4 is 11.1 Å². The summed E-state index contributed by atoms with van der Waals surface area (Å²) in [5.74, 6) is 0.388. The van der Waals surface area contributed by atoms with Crippen molar-refractivity contribution >= 4 is 28.2 Å². The number of anilines is 2. The average Bonchev–Trinajstić information content (AvgIpc) is 2.60. The fraction of sp³-hybridized carbons (Fsp3) is 0.158. The molecule has 1 amide bonds. The van der Waals surface area contributed by atoms with Gasteiger partial charge in [0.05, 0.1) is 12.3 Å². The predicted octanol–water partition coefficient (Wildman–Crippen LogP) is 3.32. The Kier molecular flexibility index (Phi) is 4.44. The fourth-order valence-corrected chi connectivity index (χ4v) is 2.59. The van der Waals surface area contributed by atoms with Crippen LogP contribution in [0.25, 0.3) is 22.0 Å². The van der Waals surface area contributed by atoms with E-state index in [1.54, 1.807) is 6.07 Å². The Morgan fingerprint density at radius 1 is 1.17 bits per heavy atom. The summed E-state index contributed by atoms with van der Waals surface area (Å²) in [7, 11) is 0. The minimum Gasteiger partial charge on any atom is -0.392 e. The number of benzene rings is 2. The molecule has 1 aromatic heterocycles. The summed E-state index contributed by atoms with van der Waals surface area (Å²) in [6, 6.07) is 15.0. The van der Waals surface area contributed by atoms with Gasteiger partial charge in [-0.1, -0.05) is 37.3 Å². The number of nitrogens with one attached hydrogen (secondary N) is 1. The number of carbonyl (C=O) groups is 1. The first-order valence-corrected chi connectivity index (χ1v) is 7.81. The lowest BCUT2D eigenvalue weighted by Crippen LogP contribution is -2.09. The number of aliphatic hydroxyl groups excluding tert-OH is 1. The monoisotopic (exact) mass is 321 g/mol. The van der Waals surface area contributed by atoms with Crippen molar-refractivity contribution in [3.8, 4) is 11.3 Å². The van der Waals surface area contributed by atoms with E-state index in [9.17, 15) is 4.79 Å². The molecule has 0 unspecified atom stereocenters. The predicted molar refractivity (Wildman–Crippen MR) is 96.4 cm³/mol. The van der Waals surface area contributed by atoms with Crippen molar-refractivity contribution in [2.24, 2.45) is 0 Å². The molecule has 0 bridgehead atoms. The van der Waals surface area contributed by atoms with E-state index in [0.717, 1.165) is 33.3 Å². The van der Waals surface area contributed by atoms with Gasteiger partial charge in [0.1, 0.15) is 5.82 Å². The second kappa shape index (κ2) is 6.68. The topological polar surface area (TPSA) is 88.2 Å². The Morgan fingerprint density at radius 3 is 2.58 bits per heavy atom. The van der Waals surface area contributed by atoms with Crippen molar-refractivity contribution in [1.29, 1.82) is 0 Å². The van der Waals surface area contributed by atoms with Gasteiger partial charge in [0.15, 0.2) is 0 Å². The molecule has 5 nitrogen and oxygen atoms in total. The zero-order valence-corrected chi connectivity index (χ0v) is 13.4. The molecule has 3 rings (SSSR count). The molecule has 0 fully saturated rings. The van der Waals surface area contributed by atoms with Crippen LogP contribution in [0.5, 0.6) is 0 Å². The number of nitrogen functional groups attached to an aromatic ring is 1. The summed E-state index contributed by atoms with van der Waals surface area (Å²) in [6.45, 7) is 1.82. The number of pyridine rings is 1. The highest BCUT2D eigenvalue weighted by Crippen LogP contribution is 2.30. The Balaban J connectivity index is 2.09. The third-order valence-electron chi connectivity index (χ3n) is 3.87. The number of rotatable bonds is 4. The molecule has 0 aliphatic carbocycles. The highest BCUT2D eigenvalue weighted by Gasteiger charge is 2.09. The molecule has 2 aromatic carbocycles. The van der Waals surface area contributed by atoms with E-state index in [-0.39, 0.29) is 12.5 Å². The number of carbonyl (C=O) groups excluding carboxylic acids is 1. The number of hydrogen-bond acceptors (Lipinski definition) is 4. The van der Waals surface area contributed by atoms with Gasteiger partial charge in [-0.15, -0.1) is 0 Å². The van der Waals surface area contributed by atoms with Crippen molar-refractivity contribution < 1.29 is 9.90 Å². The lowest BCUT2D eigenvalue weighted by atomic mass is 10.0. The van der Waals surface area contributed by atoms with E-state index in [1.165, 1.54) is 0 Å². The Labute approximate surface area is 140 Å². The van der Waals surface area contributed by atoms with Crippen LogP contribution >= 0.6 is 0 Å². The van der Waals surface area contributed by atoms with E-state index in [1.807, 2.05) is 49.4 Å². The molecule has 1 heterocycles. The van der Waals surface area contributed by atoms with Crippen LogP contribution in [0.3, 0.4) is 0 Å². The van der Waals surface area contributed by atoms with E-state index >= 15 is 0 Å². The summed E-state index contributed by atoms with van der Waals surface area (Å²) in [5, 5.41) is 13.9. The second-order valence-corrected chi connectivity index (χ2v) is 5.59. The van der Waals surface area contributed by atoms with Crippen molar-refractivity contribution in [2.75, 3.05) is 11.1 Å². The molecule has 4 N–H and O–H groups in total. The van der Waals surface area contributed by atoms with Crippen LogP contribution in [0.4, 0.5) is 11.5 Å². The van der Waals surface area contributed by atoms with Crippen LogP contribution in [0.15, 0.2) is 48.5 Å². The third kappa shape index (κ3) is 3.21. The highest BCUT2D eigenvalue weighted by atomic mass is 16.3. The maximum atomic E-state index is 11.6. The number of nitrogens with two attached hydrogens (primary N) is 1. The minimum atomic E-state index is -0.0313. The summed E-state index contributed by atoms with van der Waals surface area (Å²) in [6.07, 6.45) is 0.430. The quantitative estimate of drug-likeness (QED) is 0.688. The number of aliphatic hydroxyl groups is 1. The van der Waals surface area contributed by atoms with Gasteiger partial charge in [-0.2, -0.15) is 0 Å². The van der Waals surface area contributed by atoms with E-state index in [2.05, 4.69) is 10.3 Å². The molecule has 24 heavy (non-hydrogen) atoms. The number of amides is 1. The first kappa shape index (κ1) is 16.0. The summed E-state index contributed by atoms with van der Waals surface area (Å²) >= 11 is 0. The molecular weight excluding hydrogens is 302 g/mol. The first-order chi connectivity index (χ1) is 11.6. The number of fused-ring (bicyclic) bond motifs is 1. The molecule has 0 aliphatic heterocycles. The van der Waals surface area contributed by atoms with Crippen molar-refractivity contribution in [3.05, 3.63) is 54.1 Å². The van der Waals surface area contributed by atoms with Gasteiger partial charge >= 0.3 is 0 Å². The van der Waals surface area contributed by atoms with Gasteiger partial charge in [0.2, 0.25) is 5.91 Å². The molecule has 3 aromatic rings. The lowest BCUT2D eigenvalue weighted by Gasteiger charge is -2.10. The summed E-state index contributed by atoms with van der Waals surface area (Å²) in [4.78, 5) is 16.0. The van der Waals surface area contributed by atoms with Crippen LogP contribution in [-0.4, -0.2) is 16.0 Å². The number of hydrogen-bond donors (Lipinski definition) is 3. The molecule has 0 saturated carbocycles. The lowest BCUT2D eigenvalue weighted by molar-refractivity contribution is -0.115. The van der Waals surface area contributed by atoms with Crippen LogP contribution in [-0.2, 0) is 11.4 Å². The molecule has 0 radical (unpaired) electrons. The number of aromatic nitrogens is 1. The zero-order valence-electron chi connectivity index (χ0n) is 13.4. The molecule has 0 spiro atoms. The second-order valence-electron chi connectivity index (χ2n) is 5.59. The summed E-state index contributed by atoms with van der Waals surface area (Å²) in [5.41, 5.74) is 9.24. The Morgan fingerprint density at radius 2 is 1.92 bits per heavy atom. The maximum absolute atomic E-state index is 11.6. The van der Waals surface area contributed by atoms with Crippen molar-refractivity contribution in [3.63, 3.8) is 0 Å². The van der Waals surface area contributed by atoms with E-state index in [4.69, 9.17) is 10.8 Å². The highest BCUT2D eigenvalue weighted by molar-refractivity contribution is 6.00. The van der Waals surface area contributed by atoms with E-state index < -0.39 is 0 Å². The fourth-order valence-electron chi connectivity index (χ4n) is 2.59. The Bertz CT molecular complexity index is 889. The molecular formula is C19H19N3O2. The molecule has 0 atom stereocenters. The van der Waals surface area contributed by atoms with Gasteiger partial charge in [-0.25, -0.2) is 4.98 Å².